The van der Waals surface area contributed by atoms with E-state index in [0.29, 0.717) is 0 Å². The van der Waals surface area contributed by atoms with Gasteiger partial charge < -0.3 is 0 Å². The lowest BCUT2D eigenvalue weighted by Crippen LogP contribution is -1.74. The molecule has 0 atom stereocenters. The fourth-order valence-electron chi connectivity index (χ4n) is 0.924. The molecule has 0 aliphatic rings. The highest BCUT2D eigenvalue weighted by atomic mass is 16.1. The Morgan fingerprint density at radius 3 is 2.82 bits per heavy atom. The Morgan fingerprint density at radius 2 is 2.18 bits per heavy atom. The van der Waals surface area contributed by atoms with Crippen LogP contribution < -0.4 is 0 Å². The van der Waals surface area contributed by atoms with Crippen LogP contribution in [0.1, 0.15) is 11.1 Å². The third kappa shape index (κ3) is 2.38. The molecular weight excluding hydrogens is 136 g/mol. The van der Waals surface area contributed by atoms with Crippen molar-refractivity contribution in [2.75, 3.05) is 0 Å². The van der Waals surface area contributed by atoms with Gasteiger partial charge in [-0.15, -0.1) is 0 Å². The number of aldehydes is 1. The van der Waals surface area contributed by atoms with E-state index in [4.69, 9.17) is 0 Å². The number of allylic oxidation sites excluding steroid dienone is 1. The van der Waals surface area contributed by atoms with Crippen LogP contribution in [0.25, 0.3) is 6.08 Å². The van der Waals surface area contributed by atoms with Crippen molar-refractivity contribution in [3.63, 3.8) is 0 Å². The van der Waals surface area contributed by atoms with E-state index in [1.165, 1.54) is 11.6 Å². The van der Waals surface area contributed by atoms with Crippen LogP contribution in [0.15, 0.2) is 30.3 Å². The minimum absolute atomic E-state index is 0.780. The van der Waals surface area contributed by atoms with Gasteiger partial charge in [0.25, 0.3) is 0 Å². The van der Waals surface area contributed by atoms with E-state index in [1.807, 2.05) is 31.2 Å². The molecule has 0 aliphatic carbocycles. The van der Waals surface area contributed by atoms with Crippen molar-refractivity contribution >= 4 is 12.4 Å². The van der Waals surface area contributed by atoms with Gasteiger partial charge in [-0.25, -0.2) is 0 Å². The maximum Gasteiger partial charge on any atom is 0.142 e. The van der Waals surface area contributed by atoms with Crippen molar-refractivity contribution in [1.82, 2.24) is 0 Å². The first kappa shape index (κ1) is 7.73. The average Bonchev–Trinajstić information content (AvgIpc) is 2.01. The molecular formula is C10H10O. The summed E-state index contributed by atoms with van der Waals surface area (Å²) in [6.07, 6.45) is 4.07. The molecule has 0 heterocycles. The second kappa shape index (κ2) is 3.71. The predicted molar refractivity (Wildman–Crippen MR) is 46.3 cm³/mol. The number of benzene rings is 1. The zero-order valence-corrected chi connectivity index (χ0v) is 6.45. The molecule has 0 fully saturated rings. The molecule has 1 aromatic carbocycles. The third-order valence-electron chi connectivity index (χ3n) is 1.41. The van der Waals surface area contributed by atoms with Crippen LogP contribution in [0.3, 0.4) is 0 Å². The van der Waals surface area contributed by atoms with Crippen molar-refractivity contribution in [3.05, 3.63) is 41.5 Å². The number of rotatable bonds is 2. The topological polar surface area (TPSA) is 17.1 Å². The summed E-state index contributed by atoms with van der Waals surface area (Å²) in [6.45, 7) is 2.03. The van der Waals surface area contributed by atoms with Crippen LogP contribution in [-0.2, 0) is 4.79 Å². The van der Waals surface area contributed by atoms with Gasteiger partial charge in [0.05, 0.1) is 0 Å². The molecule has 1 aromatic rings. The Labute approximate surface area is 66.4 Å². The van der Waals surface area contributed by atoms with Gasteiger partial charge in [-0.05, 0) is 18.6 Å². The van der Waals surface area contributed by atoms with E-state index in [0.717, 1.165) is 11.8 Å². The number of aryl methyl sites for hydroxylation is 1. The Morgan fingerprint density at radius 1 is 1.36 bits per heavy atom. The predicted octanol–water partition coefficient (Wildman–Crippen LogP) is 2.21. The maximum absolute atomic E-state index is 9.98. The lowest BCUT2D eigenvalue weighted by molar-refractivity contribution is -0.104. The zero-order valence-electron chi connectivity index (χ0n) is 6.45. The standard InChI is InChI=1S/C10H10O/c1-9-4-2-5-10(8-9)6-3-7-11/h2-8H,1H3/b6-3-. The summed E-state index contributed by atoms with van der Waals surface area (Å²) in [5, 5.41) is 0. The highest BCUT2D eigenvalue weighted by Gasteiger charge is 1.85. The van der Waals surface area contributed by atoms with Crippen molar-refractivity contribution < 1.29 is 4.79 Å². The summed E-state index contributed by atoms with van der Waals surface area (Å²) < 4.78 is 0. The van der Waals surface area contributed by atoms with Gasteiger partial charge in [-0.1, -0.05) is 35.9 Å². The number of hydrogen-bond donors (Lipinski definition) is 0. The zero-order chi connectivity index (χ0) is 8.10. The number of carbonyl (C=O) groups excluding carboxylic acids is 1. The summed E-state index contributed by atoms with van der Waals surface area (Å²) in [5.41, 5.74) is 2.27. The first-order chi connectivity index (χ1) is 5.33. The minimum atomic E-state index is 0.780. The summed E-state index contributed by atoms with van der Waals surface area (Å²) in [7, 11) is 0. The lowest BCUT2D eigenvalue weighted by atomic mass is 10.1. The maximum atomic E-state index is 9.98. The summed E-state index contributed by atoms with van der Waals surface area (Å²) in [6, 6.07) is 7.99. The van der Waals surface area contributed by atoms with E-state index in [1.54, 1.807) is 6.08 Å². The number of hydrogen-bond acceptors (Lipinski definition) is 1. The fraction of sp³-hybridized carbons (Fsp3) is 0.100. The molecule has 0 saturated heterocycles. The molecule has 0 amide bonds. The summed E-state index contributed by atoms with van der Waals surface area (Å²) in [4.78, 5) is 9.98. The smallest absolute Gasteiger partial charge is 0.142 e. The van der Waals surface area contributed by atoms with Gasteiger partial charge >= 0.3 is 0 Å². The Bertz CT molecular complexity index is 274. The van der Waals surface area contributed by atoms with Gasteiger partial charge in [0, 0.05) is 0 Å². The molecule has 0 saturated carbocycles. The van der Waals surface area contributed by atoms with Crippen LogP contribution in [-0.4, -0.2) is 6.29 Å². The van der Waals surface area contributed by atoms with Crippen LogP contribution in [0, 0.1) is 6.92 Å². The van der Waals surface area contributed by atoms with Gasteiger partial charge in [0.15, 0.2) is 0 Å². The molecule has 0 bridgehead atoms. The van der Waals surface area contributed by atoms with Crippen LogP contribution in [0.4, 0.5) is 0 Å². The molecule has 0 aromatic heterocycles. The SMILES string of the molecule is Cc1cccc(/C=C\C=O)c1. The van der Waals surface area contributed by atoms with Crippen LogP contribution >= 0.6 is 0 Å². The fourth-order valence-corrected chi connectivity index (χ4v) is 0.924. The van der Waals surface area contributed by atoms with E-state index in [-0.39, 0.29) is 0 Å². The summed E-state index contributed by atoms with van der Waals surface area (Å²) in [5.74, 6) is 0. The van der Waals surface area contributed by atoms with Crippen molar-refractivity contribution in [2.45, 2.75) is 6.92 Å². The quantitative estimate of drug-likeness (QED) is 0.461. The van der Waals surface area contributed by atoms with E-state index in [2.05, 4.69) is 0 Å². The highest BCUT2D eigenvalue weighted by Crippen LogP contribution is 2.04. The van der Waals surface area contributed by atoms with E-state index >= 15 is 0 Å². The van der Waals surface area contributed by atoms with Crippen molar-refractivity contribution in [2.24, 2.45) is 0 Å². The molecule has 0 unspecified atom stereocenters. The molecule has 0 radical (unpaired) electrons. The molecule has 1 nitrogen and oxygen atoms in total. The third-order valence-corrected chi connectivity index (χ3v) is 1.41. The second-order valence-electron chi connectivity index (χ2n) is 2.41. The molecule has 0 N–H and O–H groups in total. The number of carbonyl (C=O) groups is 1. The molecule has 1 heteroatoms. The molecule has 1 rings (SSSR count). The largest absolute Gasteiger partial charge is 0.299 e. The molecule has 0 spiro atoms. The van der Waals surface area contributed by atoms with Gasteiger partial charge in [0.1, 0.15) is 6.29 Å². The Hall–Kier alpha value is -1.37. The minimum Gasteiger partial charge on any atom is -0.299 e. The monoisotopic (exact) mass is 146 g/mol. The first-order valence-electron chi connectivity index (χ1n) is 3.51. The van der Waals surface area contributed by atoms with Gasteiger partial charge in [0.2, 0.25) is 0 Å². The molecule has 56 valence electrons. The lowest BCUT2D eigenvalue weighted by Gasteiger charge is -1.93. The van der Waals surface area contributed by atoms with Crippen LogP contribution in [0.2, 0.25) is 0 Å². The van der Waals surface area contributed by atoms with Crippen molar-refractivity contribution in [3.8, 4) is 0 Å². The van der Waals surface area contributed by atoms with Gasteiger partial charge in [-0.2, -0.15) is 0 Å². The van der Waals surface area contributed by atoms with E-state index in [9.17, 15) is 4.79 Å². The second-order valence-corrected chi connectivity index (χ2v) is 2.41. The van der Waals surface area contributed by atoms with Crippen LogP contribution in [0.5, 0.6) is 0 Å². The average molecular weight is 146 g/mol. The molecule has 0 aliphatic heterocycles. The normalized spacial score (nSPS) is 10.3. The first-order valence-corrected chi connectivity index (χ1v) is 3.51. The Balaban J connectivity index is 2.87. The van der Waals surface area contributed by atoms with E-state index < -0.39 is 0 Å². The molecule has 11 heavy (non-hydrogen) atoms. The van der Waals surface area contributed by atoms with Gasteiger partial charge in [-0.3, -0.25) is 4.79 Å². The highest BCUT2D eigenvalue weighted by molar-refractivity contribution is 5.73. The Kier molecular flexibility index (Phi) is 2.61. The summed E-state index contributed by atoms with van der Waals surface area (Å²) >= 11 is 0. The van der Waals surface area contributed by atoms with Crippen molar-refractivity contribution in [1.29, 1.82) is 0 Å².